The smallest absolute Gasteiger partial charge is 0.239 e. The van der Waals surface area contributed by atoms with E-state index in [1.807, 2.05) is 48.5 Å². The minimum atomic E-state index is -3.40. The third kappa shape index (κ3) is 2.95. The number of aryl methyl sites for hydroxylation is 1. The molecule has 4 nitrogen and oxygen atoms in total. The van der Waals surface area contributed by atoms with Crippen molar-refractivity contribution in [1.29, 1.82) is 0 Å². The second kappa shape index (κ2) is 6.01. The first-order valence-corrected chi connectivity index (χ1v) is 8.92. The Morgan fingerprint density at radius 2 is 1.91 bits per heavy atom. The van der Waals surface area contributed by atoms with Crippen molar-refractivity contribution >= 4 is 15.7 Å². The Labute approximate surface area is 131 Å². The SMILES string of the molecule is COc1ccc2c(c1)N(S(=O)(=O)Cc1ccccc1)CCC2. The lowest BCUT2D eigenvalue weighted by Crippen LogP contribution is -2.36. The van der Waals surface area contributed by atoms with Crippen LogP contribution in [0, 0.1) is 0 Å². The summed E-state index contributed by atoms with van der Waals surface area (Å²) in [6.45, 7) is 0.523. The molecule has 0 bridgehead atoms. The summed E-state index contributed by atoms with van der Waals surface area (Å²) in [5.74, 6) is 0.699. The molecular weight excluding hydrogens is 298 g/mol. The van der Waals surface area contributed by atoms with Crippen LogP contribution < -0.4 is 9.04 Å². The highest BCUT2D eigenvalue weighted by Gasteiger charge is 2.28. The number of anilines is 1. The summed E-state index contributed by atoms with van der Waals surface area (Å²) in [7, 11) is -1.81. The molecule has 0 radical (unpaired) electrons. The maximum absolute atomic E-state index is 12.8. The van der Waals surface area contributed by atoms with Gasteiger partial charge in [0.25, 0.3) is 0 Å². The van der Waals surface area contributed by atoms with E-state index in [0.29, 0.717) is 12.3 Å². The summed E-state index contributed by atoms with van der Waals surface area (Å²) < 4.78 is 32.4. The van der Waals surface area contributed by atoms with Gasteiger partial charge < -0.3 is 4.74 Å². The van der Waals surface area contributed by atoms with Crippen molar-refractivity contribution in [2.75, 3.05) is 18.0 Å². The zero-order chi connectivity index (χ0) is 15.6. The quantitative estimate of drug-likeness (QED) is 0.871. The van der Waals surface area contributed by atoms with Crippen LogP contribution in [0.3, 0.4) is 0 Å². The number of nitrogens with zero attached hydrogens (tertiary/aromatic N) is 1. The van der Waals surface area contributed by atoms with Gasteiger partial charge in [-0.25, -0.2) is 8.42 Å². The van der Waals surface area contributed by atoms with Crippen LogP contribution in [0.2, 0.25) is 0 Å². The molecule has 1 aliphatic heterocycles. The molecule has 0 saturated heterocycles. The molecule has 0 saturated carbocycles. The number of methoxy groups -OCH3 is 1. The van der Waals surface area contributed by atoms with Gasteiger partial charge in [-0.05, 0) is 30.0 Å². The maximum Gasteiger partial charge on any atom is 0.239 e. The molecule has 2 aromatic carbocycles. The highest BCUT2D eigenvalue weighted by Crippen LogP contribution is 2.33. The lowest BCUT2D eigenvalue weighted by Gasteiger charge is -2.30. The van der Waals surface area contributed by atoms with Gasteiger partial charge in [0.2, 0.25) is 10.0 Å². The molecule has 0 N–H and O–H groups in total. The van der Waals surface area contributed by atoms with Crippen molar-refractivity contribution < 1.29 is 13.2 Å². The van der Waals surface area contributed by atoms with Gasteiger partial charge in [-0.3, -0.25) is 4.31 Å². The maximum atomic E-state index is 12.8. The Bertz CT molecular complexity index is 757. The van der Waals surface area contributed by atoms with E-state index in [1.54, 1.807) is 7.11 Å². The Morgan fingerprint density at radius 1 is 1.14 bits per heavy atom. The highest BCUT2D eigenvalue weighted by molar-refractivity contribution is 7.92. The molecule has 0 atom stereocenters. The van der Waals surface area contributed by atoms with Crippen LogP contribution in [0.5, 0.6) is 5.75 Å². The molecular formula is C17H19NO3S. The molecule has 0 aliphatic carbocycles. The Hall–Kier alpha value is -2.01. The van der Waals surface area contributed by atoms with E-state index in [-0.39, 0.29) is 5.75 Å². The molecule has 0 aromatic heterocycles. The second-order valence-electron chi connectivity index (χ2n) is 5.41. The van der Waals surface area contributed by atoms with E-state index >= 15 is 0 Å². The van der Waals surface area contributed by atoms with Gasteiger partial charge in [-0.1, -0.05) is 36.4 Å². The van der Waals surface area contributed by atoms with Gasteiger partial charge in [-0.15, -0.1) is 0 Å². The summed E-state index contributed by atoms with van der Waals surface area (Å²) >= 11 is 0. The predicted octanol–water partition coefficient (Wildman–Crippen LogP) is 2.98. The average molecular weight is 317 g/mol. The number of rotatable bonds is 4. The third-order valence-corrected chi connectivity index (χ3v) is 5.65. The molecule has 0 fully saturated rings. The van der Waals surface area contributed by atoms with E-state index < -0.39 is 10.0 Å². The molecule has 0 spiro atoms. The Balaban J connectivity index is 1.95. The fourth-order valence-electron chi connectivity index (χ4n) is 2.80. The van der Waals surface area contributed by atoms with Gasteiger partial charge in [0.05, 0.1) is 18.6 Å². The van der Waals surface area contributed by atoms with Crippen LogP contribution in [0.15, 0.2) is 48.5 Å². The molecule has 3 rings (SSSR count). The summed E-state index contributed by atoms with van der Waals surface area (Å²) in [4.78, 5) is 0. The van der Waals surface area contributed by atoms with Crippen molar-refractivity contribution in [3.8, 4) is 5.75 Å². The van der Waals surface area contributed by atoms with Crippen molar-refractivity contribution in [1.82, 2.24) is 0 Å². The van der Waals surface area contributed by atoms with Crippen LogP contribution in [-0.2, 0) is 22.2 Å². The van der Waals surface area contributed by atoms with Crippen molar-refractivity contribution in [3.05, 3.63) is 59.7 Å². The fourth-order valence-corrected chi connectivity index (χ4v) is 4.45. The van der Waals surface area contributed by atoms with Gasteiger partial charge in [-0.2, -0.15) is 0 Å². The van der Waals surface area contributed by atoms with Gasteiger partial charge >= 0.3 is 0 Å². The lowest BCUT2D eigenvalue weighted by molar-refractivity contribution is 0.414. The highest BCUT2D eigenvalue weighted by atomic mass is 32.2. The number of ether oxygens (including phenoxy) is 1. The first-order valence-electron chi connectivity index (χ1n) is 7.31. The summed E-state index contributed by atoms with van der Waals surface area (Å²) in [5, 5.41) is 0. The molecule has 2 aromatic rings. The van der Waals surface area contributed by atoms with Gasteiger partial charge in [0, 0.05) is 12.6 Å². The number of sulfonamides is 1. The minimum absolute atomic E-state index is 0.0183. The standard InChI is InChI=1S/C17H19NO3S/c1-21-16-10-9-15-8-5-11-18(17(15)12-16)22(19,20)13-14-6-3-2-4-7-14/h2-4,6-7,9-10,12H,5,8,11,13H2,1H3. The van der Waals surface area contributed by atoms with Crippen molar-refractivity contribution in [3.63, 3.8) is 0 Å². The van der Waals surface area contributed by atoms with E-state index in [9.17, 15) is 8.42 Å². The molecule has 1 aliphatic rings. The Kier molecular flexibility index (Phi) is 4.07. The second-order valence-corrected chi connectivity index (χ2v) is 7.31. The molecule has 5 heteroatoms. The van der Waals surface area contributed by atoms with E-state index in [4.69, 9.17) is 4.74 Å². The largest absolute Gasteiger partial charge is 0.497 e. The summed E-state index contributed by atoms with van der Waals surface area (Å²) in [6, 6.07) is 14.9. The molecule has 22 heavy (non-hydrogen) atoms. The van der Waals surface area contributed by atoms with Crippen LogP contribution in [-0.4, -0.2) is 22.1 Å². The number of benzene rings is 2. The van der Waals surface area contributed by atoms with E-state index in [0.717, 1.165) is 29.7 Å². The average Bonchev–Trinajstić information content (AvgIpc) is 2.54. The van der Waals surface area contributed by atoms with Crippen LogP contribution >= 0.6 is 0 Å². The van der Waals surface area contributed by atoms with Crippen LogP contribution in [0.25, 0.3) is 0 Å². The topological polar surface area (TPSA) is 46.6 Å². The number of hydrogen-bond acceptors (Lipinski definition) is 3. The van der Waals surface area contributed by atoms with Gasteiger partial charge in [0.1, 0.15) is 5.75 Å². The summed E-state index contributed by atoms with van der Waals surface area (Å²) in [5.41, 5.74) is 2.61. The first kappa shape index (κ1) is 14.9. The summed E-state index contributed by atoms with van der Waals surface area (Å²) in [6.07, 6.45) is 1.74. The van der Waals surface area contributed by atoms with Crippen molar-refractivity contribution in [2.45, 2.75) is 18.6 Å². The van der Waals surface area contributed by atoms with Crippen LogP contribution in [0.4, 0.5) is 5.69 Å². The normalized spacial score (nSPS) is 14.5. The van der Waals surface area contributed by atoms with Gasteiger partial charge in [0.15, 0.2) is 0 Å². The molecule has 116 valence electrons. The Morgan fingerprint density at radius 3 is 2.64 bits per heavy atom. The predicted molar refractivity (Wildman–Crippen MR) is 87.7 cm³/mol. The number of fused-ring (bicyclic) bond motifs is 1. The molecule has 1 heterocycles. The van der Waals surface area contributed by atoms with E-state index in [1.165, 1.54) is 4.31 Å². The zero-order valence-corrected chi connectivity index (χ0v) is 13.3. The molecule has 0 amide bonds. The fraction of sp³-hybridized carbons (Fsp3) is 0.294. The zero-order valence-electron chi connectivity index (χ0n) is 12.5. The third-order valence-electron chi connectivity index (χ3n) is 3.90. The minimum Gasteiger partial charge on any atom is -0.497 e. The first-order chi connectivity index (χ1) is 10.6. The van der Waals surface area contributed by atoms with Crippen LogP contribution in [0.1, 0.15) is 17.5 Å². The van der Waals surface area contributed by atoms with E-state index in [2.05, 4.69) is 0 Å². The van der Waals surface area contributed by atoms with Crippen molar-refractivity contribution in [2.24, 2.45) is 0 Å². The lowest BCUT2D eigenvalue weighted by atomic mass is 10.0. The monoisotopic (exact) mass is 317 g/mol. The molecule has 0 unspecified atom stereocenters. The number of hydrogen-bond donors (Lipinski definition) is 0.